The van der Waals surface area contributed by atoms with Crippen LogP contribution in [0.3, 0.4) is 0 Å². The van der Waals surface area contributed by atoms with Gasteiger partial charge in [0.05, 0.1) is 0 Å². The lowest BCUT2D eigenvalue weighted by molar-refractivity contribution is 0.494. The van der Waals surface area contributed by atoms with E-state index >= 15 is 0 Å². The number of nitrogens with one attached hydrogen (secondary N) is 1. The van der Waals surface area contributed by atoms with E-state index in [0.717, 1.165) is 6.54 Å². The fourth-order valence-electron chi connectivity index (χ4n) is 2.08. The third kappa shape index (κ3) is 2.66. The lowest BCUT2D eigenvalue weighted by Crippen LogP contribution is -2.24. The van der Waals surface area contributed by atoms with Crippen LogP contribution in [0.15, 0.2) is 39.7 Å². The number of oxazole rings is 1. The summed E-state index contributed by atoms with van der Waals surface area (Å²) in [6.07, 6.45) is 1.66. The van der Waals surface area contributed by atoms with E-state index in [4.69, 9.17) is 4.42 Å². The first-order valence-electron chi connectivity index (χ1n) is 6.44. The molecule has 0 unspecified atom stereocenters. The van der Waals surface area contributed by atoms with E-state index in [0.29, 0.717) is 24.3 Å². The minimum absolute atomic E-state index is 0.354. The van der Waals surface area contributed by atoms with Gasteiger partial charge in [0, 0.05) is 35.6 Å². The van der Waals surface area contributed by atoms with Crippen molar-refractivity contribution in [3.05, 3.63) is 50.8 Å². The van der Waals surface area contributed by atoms with Gasteiger partial charge in [0.2, 0.25) is 0 Å². The summed E-state index contributed by atoms with van der Waals surface area (Å²) in [6, 6.07) is 7.74. The van der Waals surface area contributed by atoms with Crippen molar-refractivity contribution >= 4 is 22.6 Å². The highest BCUT2D eigenvalue weighted by atomic mass is 32.1. The molecule has 0 amide bonds. The molecule has 0 aliphatic carbocycles. The van der Waals surface area contributed by atoms with Gasteiger partial charge in [-0.2, -0.15) is 0 Å². The summed E-state index contributed by atoms with van der Waals surface area (Å²) in [5.41, 5.74) is 1.14. The molecular formula is C14H15N3O2S. The standard InChI is InChI=1S/C14H15N3O2S/c1-10-4-5-11(20-10)9-15-7-8-17-13-12(19-14(17)18)3-2-6-16-13/h2-6,15H,7-9H2,1H3. The average Bonchev–Trinajstić information content (AvgIpc) is 2.98. The van der Waals surface area contributed by atoms with E-state index in [2.05, 4.69) is 29.4 Å². The van der Waals surface area contributed by atoms with Gasteiger partial charge < -0.3 is 9.73 Å². The van der Waals surface area contributed by atoms with Crippen LogP contribution in [0.2, 0.25) is 0 Å². The first-order valence-corrected chi connectivity index (χ1v) is 7.26. The second kappa shape index (κ2) is 5.60. The van der Waals surface area contributed by atoms with Gasteiger partial charge in [-0.25, -0.2) is 9.78 Å². The number of fused-ring (bicyclic) bond motifs is 1. The van der Waals surface area contributed by atoms with Gasteiger partial charge in [-0.1, -0.05) is 0 Å². The first kappa shape index (κ1) is 13.1. The molecule has 3 heterocycles. The van der Waals surface area contributed by atoms with E-state index in [-0.39, 0.29) is 5.76 Å². The van der Waals surface area contributed by atoms with Crippen molar-refractivity contribution in [2.75, 3.05) is 6.54 Å². The Morgan fingerprint density at radius 2 is 2.30 bits per heavy atom. The quantitative estimate of drug-likeness (QED) is 0.731. The molecule has 20 heavy (non-hydrogen) atoms. The zero-order valence-corrected chi connectivity index (χ0v) is 11.9. The topological polar surface area (TPSA) is 60.1 Å². The number of nitrogens with zero attached hydrogens (tertiary/aromatic N) is 2. The number of aromatic nitrogens is 2. The highest BCUT2D eigenvalue weighted by Crippen LogP contribution is 2.14. The first-order chi connectivity index (χ1) is 9.74. The van der Waals surface area contributed by atoms with Crippen LogP contribution in [0.25, 0.3) is 11.2 Å². The predicted molar refractivity (Wildman–Crippen MR) is 79.0 cm³/mol. The van der Waals surface area contributed by atoms with Crippen LogP contribution in [0, 0.1) is 6.92 Å². The van der Waals surface area contributed by atoms with Gasteiger partial charge in [0.1, 0.15) is 0 Å². The minimum Gasteiger partial charge on any atom is -0.406 e. The van der Waals surface area contributed by atoms with E-state index in [9.17, 15) is 4.79 Å². The van der Waals surface area contributed by atoms with Crippen LogP contribution in [0.5, 0.6) is 0 Å². The molecule has 0 aliphatic heterocycles. The Morgan fingerprint density at radius 1 is 1.40 bits per heavy atom. The smallest absolute Gasteiger partial charge is 0.406 e. The number of aryl methyl sites for hydroxylation is 1. The molecule has 1 N–H and O–H groups in total. The van der Waals surface area contributed by atoms with Gasteiger partial charge in [-0.15, -0.1) is 11.3 Å². The molecule has 0 saturated heterocycles. The van der Waals surface area contributed by atoms with Crippen LogP contribution in [0.4, 0.5) is 0 Å². The monoisotopic (exact) mass is 289 g/mol. The lowest BCUT2D eigenvalue weighted by atomic mass is 10.4. The van der Waals surface area contributed by atoms with Gasteiger partial charge in [-0.05, 0) is 31.2 Å². The molecule has 3 rings (SSSR count). The zero-order valence-electron chi connectivity index (χ0n) is 11.1. The molecule has 3 aromatic rings. The largest absolute Gasteiger partial charge is 0.421 e. The van der Waals surface area contributed by atoms with E-state index < -0.39 is 0 Å². The van der Waals surface area contributed by atoms with Crippen molar-refractivity contribution in [2.24, 2.45) is 0 Å². The number of thiophene rings is 1. The third-order valence-electron chi connectivity index (χ3n) is 3.03. The predicted octanol–water partition coefficient (Wildman–Crippen LogP) is 2.15. The molecule has 0 aliphatic rings. The molecule has 0 saturated carbocycles. The Kier molecular flexibility index (Phi) is 3.66. The Hall–Kier alpha value is -1.92. The zero-order chi connectivity index (χ0) is 13.9. The van der Waals surface area contributed by atoms with Crippen LogP contribution >= 0.6 is 11.3 Å². The van der Waals surface area contributed by atoms with Crippen molar-refractivity contribution in [2.45, 2.75) is 20.0 Å². The maximum Gasteiger partial charge on any atom is 0.421 e. The maximum absolute atomic E-state index is 11.7. The van der Waals surface area contributed by atoms with Crippen LogP contribution in [0.1, 0.15) is 9.75 Å². The highest BCUT2D eigenvalue weighted by Gasteiger charge is 2.08. The summed E-state index contributed by atoms with van der Waals surface area (Å²) in [6.45, 7) is 4.16. The number of rotatable bonds is 5. The van der Waals surface area contributed by atoms with Crippen LogP contribution in [-0.2, 0) is 13.1 Å². The van der Waals surface area contributed by atoms with Crippen molar-refractivity contribution in [1.29, 1.82) is 0 Å². The summed E-state index contributed by atoms with van der Waals surface area (Å²) >= 11 is 1.78. The second-order valence-electron chi connectivity index (χ2n) is 4.53. The average molecular weight is 289 g/mol. The van der Waals surface area contributed by atoms with Gasteiger partial charge in [0.15, 0.2) is 11.2 Å². The fraction of sp³-hybridized carbons (Fsp3) is 0.286. The lowest BCUT2D eigenvalue weighted by Gasteiger charge is -2.03. The molecule has 6 heteroatoms. The Labute approximate surface area is 119 Å². The van der Waals surface area contributed by atoms with E-state index in [1.165, 1.54) is 9.75 Å². The number of pyridine rings is 1. The second-order valence-corrected chi connectivity index (χ2v) is 5.91. The van der Waals surface area contributed by atoms with Gasteiger partial charge in [0.25, 0.3) is 0 Å². The van der Waals surface area contributed by atoms with Crippen LogP contribution in [-0.4, -0.2) is 16.1 Å². The highest BCUT2D eigenvalue weighted by molar-refractivity contribution is 7.11. The summed E-state index contributed by atoms with van der Waals surface area (Å²) in [5, 5.41) is 3.33. The molecule has 0 spiro atoms. The Balaban J connectivity index is 1.62. The number of hydrogen-bond donors (Lipinski definition) is 1. The normalized spacial score (nSPS) is 11.2. The van der Waals surface area contributed by atoms with Crippen molar-refractivity contribution in [3.63, 3.8) is 0 Å². The van der Waals surface area contributed by atoms with Crippen molar-refractivity contribution < 1.29 is 4.42 Å². The van der Waals surface area contributed by atoms with E-state index in [1.807, 2.05) is 0 Å². The molecule has 0 fully saturated rings. The van der Waals surface area contributed by atoms with Gasteiger partial charge >= 0.3 is 5.76 Å². The molecular weight excluding hydrogens is 274 g/mol. The summed E-state index contributed by atoms with van der Waals surface area (Å²) in [4.78, 5) is 18.5. The molecule has 5 nitrogen and oxygen atoms in total. The van der Waals surface area contributed by atoms with Crippen molar-refractivity contribution in [1.82, 2.24) is 14.9 Å². The summed E-state index contributed by atoms with van der Waals surface area (Å²) < 4.78 is 6.69. The number of hydrogen-bond acceptors (Lipinski definition) is 5. The molecule has 3 aromatic heterocycles. The van der Waals surface area contributed by atoms with Crippen LogP contribution < -0.4 is 11.1 Å². The minimum atomic E-state index is -0.354. The summed E-state index contributed by atoms with van der Waals surface area (Å²) in [7, 11) is 0. The van der Waals surface area contributed by atoms with Gasteiger partial charge in [-0.3, -0.25) is 4.57 Å². The maximum atomic E-state index is 11.7. The molecule has 104 valence electrons. The summed E-state index contributed by atoms with van der Waals surface area (Å²) in [5.74, 6) is -0.354. The van der Waals surface area contributed by atoms with E-state index in [1.54, 1.807) is 34.2 Å². The fourth-order valence-corrected chi connectivity index (χ4v) is 2.94. The molecule has 0 bridgehead atoms. The Morgan fingerprint density at radius 3 is 3.10 bits per heavy atom. The third-order valence-corrected chi connectivity index (χ3v) is 4.03. The molecule has 0 atom stereocenters. The molecule has 0 radical (unpaired) electrons. The SMILES string of the molecule is Cc1ccc(CNCCn2c(=O)oc3cccnc32)s1. The molecule has 0 aromatic carbocycles. The Bertz CT molecular complexity index is 772. The van der Waals surface area contributed by atoms with Crippen molar-refractivity contribution in [3.8, 4) is 0 Å².